The van der Waals surface area contributed by atoms with E-state index >= 15 is 0 Å². The Morgan fingerprint density at radius 2 is 2.21 bits per heavy atom. The van der Waals surface area contributed by atoms with Gasteiger partial charge in [0.15, 0.2) is 5.78 Å². The lowest BCUT2D eigenvalue weighted by atomic mass is 9.96. The van der Waals surface area contributed by atoms with Crippen LogP contribution in [0.5, 0.6) is 0 Å². The van der Waals surface area contributed by atoms with E-state index in [9.17, 15) is 9.18 Å². The first-order valence-corrected chi connectivity index (χ1v) is 5.25. The highest BCUT2D eigenvalue weighted by Crippen LogP contribution is 2.29. The Balaban J connectivity index is 2.64. The predicted octanol–water partition coefficient (Wildman–Crippen LogP) is 2.97. The average Bonchev–Trinajstić information content (AvgIpc) is 2.15. The Morgan fingerprint density at radius 1 is 1.50 bits per heavy atom. The fourth-order valence-corrected chi connectivity index (χ4v) is 1.81. The number of hydrogen-bond acceptors (Lipinski definition) is 2. The molecular weight excluding hydrogens is 296 g/mol. The van der Waals surface area contributed by atoms with E-state index in [4.69, 9.17) is 0 Å². The van der Waals surface area contributed by atoms with E-state index in [-0.39, 0.29) is 17.5 Å². The summed E-state index contributed by atoms with van der Waals surface area (Å²) in [4.78, 5) is 15.7. The molecule has 72 valence electrons. The summed E-state index contributed by atoms with van der Waals surface area (Å²) in [5.74, 6) is -0.527. The minimum Gasteiger partial charge on any atom is -0.293 e. The smallest absolute Gasteiger partial charge is 0.173 e. The Bertz CT molecular complexity index is 442. The summed E-state index contributed by atoms with van der Waals surface area (Å²) in [5.41, 5.74) is 0.955. The highest BCUT2D eigenvalue weighted by atomic mass is 127. The molecule has 1 aliphatic rings. The van der Waals surface area contributed by atoms with Gasteiger partial charge in [0.1, 0.15) is 5.82 Å². The predicted molar refractivity (Wildman–Crippen MR) is 60.8 cm³/mol. The number of nitrogens with zero attached hydrogens (tertiary/aromatic N) is 1. The van der Waals surface area contributed by atoms with E-state index in [1.807, 2.05) is 22.6 Å². The van der Waals surface area contributed by atoms with E-state index < -0.39 is 0 Å². The number of Topliss-reactive ketones (excluding diaryl/α,β-unsaturated/α-hetero) is 1. The van der Waals surface area contributed by atoms with Crippen molar-refractivity contribution >= 4 is 40.3 Å². The molecule has 0 fully saturated rings. The highest BCUT2D eigenvalue weighted by molar-refractivity contribution is 14.1. The van der Waals surface area contributed by atoms with E-state index in [0.717, 1.165) is 0 Å². The van der Waals surface area contributed by atoms with E-state index in [1.54, 1.807) is 19.2 Å². The molecule has 1 aliphatic heterocycles. The van der Waals surface area contributed by atoms with Gasteiger partial charge in [-0.3, -0.25) is 9.79 Å². The molecule has 2 nitrogen and oxygen atoms in total. The molecule has 0 spiro atoms. The molecule has 1 atom stereocenters. The lowest BCUT2D eigenvalue weighted by molar-refractivity contribution is 0.0962. The topological polar surface area (TPSA) is 29.4 Å². The van der Waals surface area contributed by atoms with Gasteiger partial charge in [-0.05, 0) is 28.7 Å². The van der Waals surface area contributed by atoms with Crippen LogP contribution in [0.1, 0.15) is 17.3 Å². The molecular formula is C10H7FINO. The van der Waals surface area contributed by atoms with Gasteiger partial charge in [-0.2, -0.15) is 0 Å². The van der Waals surface area contributed by atoms with Crippen molar-refractivity contribution in [1.82, 2.24) is 0 Å². The summed E-state index contributed by atoms with van der Waals surface area (Å²) >= 11 is 1.87. The summed E-state index contributed by atoms with van der Waals surface area (Å²) in [6.07, 6.45) is 1.55. The first kappa shape index (κ1) is 9.76. The number of halogens is 2. The average molecular weight is 303 g/mol. The molecule has 0 aromatic heterocycles. The van der Waals surface area contributed by atoms with Crippen molar-refractivity contribution < 1.29 is 9.18 Å². The Hall–Kier alpha value is -0.780. The van der Waals surface area contributed by atoms with Crippen molar-refractivity contribution in [2.24, 2.45) is 10.9 Å². The number of hydrogen-bond donors (Lipinski definition) is 0. The zero-order chi connectivity index (χ0) is 10.3. The van der Waals surface area contributed by atoms with Crippen molar-refractivity contribution in [2.45, 2.75) is 6.92 Å². The summed E-state index contributed by atoms with van der Waals surface area (Å²) in [6, 6.07) is 2.86. The quantitative estimate of drug-likeness (QED) is 0.678. The number of ketones is 1. The number of rotatable bonds is 0. The van der Waals surface area contributed by atoms with Crippen molar-refractivity contribution in [3.05, 3.63) is 27.1 Å². The van der Waals surface area contributed by atoms with Crippen molar-refractivity contribution in [1.29, 1.82) is 0 Å². The van der Waals surface area contributed by atoms with E-state index in [0.29, 0.717) is 14.8 Å². The zero-order valence-corrected chi connectivity index (χ0v) is 9.58. The fraction of sp³-hybridized carbons (Fsp3) is 0.200. The van der Waals surface area contributed by atoms with Crippen LogP contribution >= 0.6 is 22.6 Å². The van der Waals surface area contributed by atoms with Crippen molar-refractivity contribution in [3.63, 3.8) is 0 Å². The van der Waals surface area contributed by atoms with Crippen LogP contribution < -0.4 is 0 Å². The summed E-state index contributed by atoms with van der Waals surface area (Å²) < 4.78 is 13.6. The van der Waals surface area contributed by atoms with Gasteiger partial charge in [0.2, 0.25) is 0 Å². The maximum Gasteiger partial charge on any atom is 0.173 e. The number of fused-ring (bicyclic) bond motifs is 1. The summed E-state index contributed by atoms with van der Waals surface area (Å²) in [6.45, 7) is 1.78. The van der Waals surface area contributed by atoms with E-state index in [2.05, 4.69) is 4.99 Å². The maximum absolute atomic E-state index is 13.1. The van der Waals surface area contributed by atoms with Crippen LogP contribution in [-0.2, 0) is 0 Å². The lowest BCUT2D eigenvalue weighted by Crippen LogP contribution is -2.16. The third-order valence-corrected chi connectivity index (χ3v) is 2.98. The van der Waals surface area contributed by atoms with Gasteiger partial charge < -0.3 is 0 Å². The molecule has 0 aliphatic carbocycles. The molecule has 0 saturated carbocycles. The standard InChI is InChI=1S/C10H7FINO/c1-5-4-13-9-3-7(11)8(12)2-6(9)10(5)14/h2-5H,1H3. The number of carbonyl (C=O) groups is 1. The number of carbonyl (C=O) groups excluding carboxylic acids is 1. The van der Waals surface area contributed by atoms with E-state index in [1.165, 1.54) is 6.07 Å². The number of benzene rings is 1. The molecule has 1 heterocycles. The molecule has 1 unspecified atom stereocenters. The zero-order valence-electron chi connectivity index (χ0n) is 7.42. The summed E-state index contributed by atoms with van der Waals surface area (Å²) in [7, 11) is 0. The normalized spacial score (nSPS) is 19.6. The monoisotopic (exact) mass is 303 g/mol. The third-order valence-electron chi connectivity index (χ3n) is 2.15. The van der Waals surface area contributed by atoms with Crippen molar-refractivity contribution in [2.75, 3.05) is 0 Å². The molecule has 0 radical (unpaired) electrons. The van der Waals surface area contributed by atoms with Crippen LogP contribution in [0.4, 0.5) is 10.1 Å². The molecule has 1 aromatic rings. The SMILES string of the molecule is CC1C=Nc2cc(F)c(I)cc2C1=O. The molecule has 2 rings (SSSR count). The van der Waals surface area contributed by atoms with Gasteiger partial charge in [0.05, 0.1) is 11.6 Å². The molecule has 0 bridgehead atoms. The van der Waals surface area contributed by atoms with Crippen molar-refractivity contribution in [3.8, 4) is 0 Å². The largest absolute Gasteiger partial charge is 0.293 e. The minimum absolute atomic E-state index is 0.00733. The van der Waals surface area contributed by atoms with Crippen LogP contribution in [0.3, 0.4) is 0 Å². The second-order valence-electron chi connectivity index (χ2n) is 3.21. The van der Waals surface area contributed by atoms with Crippen LogP contribution in [-0.4, -0.2) is 12.0 Å². The fourth-order valence-electron chi connectivity index (χ4n) is 1.35. The van der Waals surface area contributed by atoms with Gasteiger partial charge >= 0.3 is 0 Å². The lowest BCUT2D eigenvalue weighted by Gasteiger charge is -2.13. The Morgan fingerprint density at radius 3 is 2.93 bits per heavy atom. The first-order valence-electron chi connectivity index (χ1n) is 4.17. The summed E-state index contributed by atoms with van der Waals surface area (Å²) in [5, 5.41) is 0. The molecule has 1 aromatic carbocycles. The molecule has 4 heteroatoms. The van der Waals surface area contributed by atoms with Gasteiger partial charge in [-0.1, -0.05) is 6.92 Å². The Labute approximate surface area is 94.4 Å². The van der Waals surface area contributed by atoms with Gasteiger partial charge in [-0.25, -0.2) is 4.39 Å². The van der Waals surface area contributed by atoms with Crippen LogP contribution in [0.2, 0.25) is 0 Å². The van der Waals surface area contributed by atoms with Gasteiger partial charge in [0, 0.05) is 21.4 Å². The second kappa shape index (κ2) is 3.42. The van der Waals surface area contributed by atoms with Crippen LogP contribution in [0.15, 0.2) is 17.1 Å². The number of aliphatic imine (C=N–C) groups is 1. The molecule has 0 amide bonds. The Kier molecular flexibility index (Phi) is 2.38. The maximum atomic E-state index is 13.1. The molecule has 14 heavy (non-hydrogen) atoms. The van der Waals surface area contributed by atoms with Crippen LogP contribution in [0, 0.1) is 15.3 Å². The minimum atomic E-state index is -0.330. The second-order valence-corrected chi connectivity index (χ2v) is 4.38. The molecule has 0 saturated heterocycles. The van der Waals surface area contributed by atoms with Gasteiger partial charge in [0.25, 0.3) is 0 Å². The highest BCUT2D eigenvalue weighted by Gasteiger charge is 2.22. The first-order chi connectivity index (χ1) is 6.59. The van der Waals surface area contributed by atoms with Gasteiger partial charge in [-0.15, -0.1) is 0 Å². The third kappa shape index (κ3) is 1.47. The molecule has 0 N–H and O–H groups in total. The van der Waals surface area contributed by atoms with Crippen LogP contribution in [0.25, 0.3) is 0 Å².